The van der Waals surface area contributed by atoms with E-state index in [1.165, 1.54) is 0 Å². The second kappa shape index (κ2) is 8.57. The van der Waals surface area contributed by atoms with E-state index in [2.05, 4.69) is 25.0 Å². The zero-order valence-corrected chi connectivity index (χ0v) is 20.1. The van der Waals surface area contributed by atoms with Crippen LogP contribution in [0.25, 0.3) is 22.1 Å². The fourth-order valence-electron chi connectivity index (χ4n) is 4.21. The topological polar surface area (TPSA) is 85.8 Å². The summed E-state index contributed by atoms with van der Waals surface area (Å²) in [7, 11) is 0. The zero-order chi connectivity index (χ0) is 24.0. The number of hydrogen-bond donors (Lipinski definition) is 1. The molecule has 0 unspecified atom stereocenters. The maximum atomic E-state index is 13.3. The first-order valence-corrected chi connectivity index (χ1v) is 11.5. The fourth-order valence-corrected chi connectivity index (χ4v) is 4.38. The summed E-state index contributed by atoms with van der Waals surface area (Å²) in [5.74, 6) is 0.737. The lowest BCUT2D eigenvalue weighted by Crippen LogP contribution is -2.14. The highest BCUT2D eigenvalue weighted by molar-refractivity contribution is 6.31. The minimum atomic E-state index is -0.252. The van der Waals surface area contributed by atoms with Crippen molar-refractivity contribution in [1.29, 1.82) is 0 Å². The van der Waals surface area contributed by atoms with Crippen molar-refractivity contribution < 1.29 is 9.32 Å². The van der Waals surface area contributed by atoms with E-state index in [4.69, 9.17) is 16.1 Å². The van der Waals surface area contributed by atoms with Crippen LogP contribution in [0.2, 0.25) is 5.02 Å². The molecule has 34 heavy (non-hydrogen) atoms. The monoisotopic (exact) mass is 473 g/mol. The van der Waals surface area contributed by atoms with E-state index in [-0.39, 0.29) is 11.8 Å². The molecule has 5 rings (SSSR count). The second-order valence-corrected chi connectivity index (χ2v) is 9.12. The van der Waals surface area contributed by atoms with E-state index in [0.29, 0.717) is 45.3 Å². The summed E-state index contributed by atoms with van der Waals surface area (Å²) in [6.07, 6.45) is 0. The van der Waals surface area contributed by atoms with Gasteiger partial charge in [-0.1, -0.05) is 42.7 Å². The first kappa shape index (κ1) is 22.1. The molecule has 0 aliphatic carbocycles. The van der Waals surface area contributed by atoms with Gasteiger partial charge in [0, 0.05) is 16.4 Å². The Morgan fingerprint density at radius 1 is 1.12 bits per heavy atom. The Balaban J connectivity index is 1.49. The predicted molar refractivity (Wildman–Crippen MR) is 134 cm³/mol. The van der Waals surface area contributed by atoms with Crippen molar-refractivity contribution in [1.82, 2.24) is 19.7 Å². The number of aromatic nitrogens is 4. The van der Waals surface area contributed by atoms with Gasteiger partial charge in [0.25, 0.3) is 11.6 Å². The van der Waals surface area contributed by atoms with Crippen LogP contribution in [0.3, 0.4) is 0 Å². The van der Waals surface area contributed by atoms with Crippen LogP contribution in [0.5, 0.6) is 0 Å². The van der Waals surface area contributed by atoms with Gasteiger partial charge in [-0.15, -0.1) is 0 Å². The lowest BCUT2D eigenvalue weighted by molar-refractivity contribution is 0.102. The van der Waals surface area contributed by atoms with Crippen molar-refractivity contribution in [3.63, 3.8) is 0 Å². The Morgan fingerprint density at radius 2 is 1.91 bits per heavy atom. The molecular formula is C26H24ClN5O2. The highest BCUT2D eigenvalue weighted by Gasteiger charge is 2.22. The molecule has 0 radical (unpaired) electrons. The molecule has 1 amide bonds. The van der Waals surface area contributed by atoms with Crippen LogP contribution in [0.1, 0.15) is 52.9 Å². The summed E-state index contributed by atoms with van der Waals surface area (Å²) in [4.78, 5) is 22.4. The summed E-state index contributed by atoms with van der Waals surface area (Å²) in [5.41, 5.74) is 5.76. The van der Waals surface area contributed by atoms with Gasteiger partial charge in [-0.05, 0) is 61.7 Å². The molecule has 0 fully saturated rings. The number of fused-ring (bicyclic) bond motifs is 2. The Labute approximate surface area is 201 Å². The second-order valence-electron chi connectivity index (χ2n) is 8.71. The van der Waals surface area contributed by atoms with Gasteiger partial charge >= 0.3 is 0 Å². The number of carbonyl (C=O) groups is 1. The zero-order valence-electron chi connectivity index (χ0n) is 19.4. The summed E-state index contributed by atoms with van der Waals surface area (Å²) in [6.45, 7) is 8.35. The molecule has 1 N–H and O–H groups in total. The number of pyridine rings is 1. The molecule has 0 saturated heterocycles. The molecule has 0 aliphatic rings. The molecule has 0 bridgehead atoms. The lowest BCUT2D eigenvalue weighted by atomic mass is 10.0. The van der Waals surface area contributed by atoms with Gasteiger partial charge in [0.05, 0.1) is 34.2 Å². The number of carbonyl (C=O) groups excluding carboxylic acids is 1. The number of hydrogen-bond acceptors (Lipinski definition) is 5. The molecule has 2 aromatic carbocycles. The molecule has 0 saturated carbocycles. The summed E-state index contributed by atoms with van der Waals surface area (Å²) < 4.78 is 7.52. The number of anilines is 1. The van der Waals surface area contributed by atoms with Crippen molar-refractivity contribution in [2.75, 3.05) is 5.32 Å². The normalized spacial score (nSPS) is 11.6. The molecule has 3 heterocycles. The van der Waals surface area contributed by atoms with E-state index in [1.807, 2.05) is 58.0 Å². The van der Waals surface area contributed by atoms with Crippen molar-refractivity contribution in [3.8, 4) is 0 Å². The minimum Gasteiger partial charge on any atom is -0.335 e. The van der Waals surface area contributed by atoms with Gasteiger partial charge < -0.3 is 14.4 Å². The van der Waals surface area contributed by atoms with Crippen LogP contribution < -0.4 is 5.32 Å². The van der Waals surface area contributed by atoms with Gasteiger partial charge in [-0.3, -0.25) is 4.79 Å². The third-order valence-electron chi connectivity index (χ3n) is 5.87. The molecule has 172 valence electrons. The van der Waals surface area contributed by atoms with E-state index >= 15 is 0 Å². The largest absolute Gasteiger partial charge is 0.335 e. The SMILES string of the molecule is Cc1cc(C(=O)Nc2ccc(Cl)c(Cn3c(C)nc4ccccc43)c2)c2c(C(C)C)noc2n1. The molecule has 5 aromatic rings. The van der Waals surface area contributed by atoms with Crippen LogP contribution in [-0.4, -0.2) is 25.6 Å². The van der Waals surface area contributed by atoms with Gasteiger partial charge in [0.15, 0.2) is 0 Å². The summed E-state index contributed by atoms with van der Waals surface area (Å²) in [5, 5.41) is 8.43. The van der Waals surface area contributed by atoms with E-state index in [0.717, 1.165) is 22.4 Å². The quantitative estimate of drug-likeness (QED) is 0.325. The Hall–Kier alpha value is -3.71. The number of para-hydroxylation sites is 2. The highest BCUT2D eigenvalue weighted by atomic mass is 35.5. The van der Waals surface area contributed by atoms with Crippen LogP contribution >= 0.6 is 11.6 Å². The number of halogens is 1. The van der Waals surface area contributed by atoms with Crippen molar-refractivity contribution in [2.45, 2.75) is 40.2 Å². The molecule has 0 aliphatic heterocycles. The van der Waals surface area contributed by atoms with Crippen molar-refractivity contribution in [2.24, 2.45) is 0 Å². The number of rotatable bonds is 5. The average molecular weight is 474 g/mol. The number of aryl methyl sites for hydroxylation is 2. The van der Waals surface area contributed by atoms with E-state index < -0.39 is 0 Å². The standard InChI is InChI=1S/C26H24ClN5O2/c1-14(2)24-23-19(11-15(3)28-26(23)34-31-24)25(33)30-18-9-10-20(27)17(12-18)13-32-16(4)29-21-7-5-6-8-22(21)32/h5-12,14H,13H2,1-4H3,(H,30,33). The minimum absolute atomic E-state index is 0.0904. The first-order chi connectivity index (χ1) is 16.3. The number of amides is 1. The summed E-state index contributed by atoms with van der Waals surface area (Å²) in [6, 6.07) is 15.3. The van der Waals surface area contributed by atoms with Gasteiger partial charge in [-0.25, -0.2) is 9.97 Å². The molecule has 8 heteroatoms. The van der Waals surface area contributed by atoms with Crippen LogP contribution in [-0.2, 0) is 6.54 Å². The molecule has 3 aromatic heterocycles. The van der Waals surface area contributed by atoms with Crippen molar-refractivity contribution in [3.05, 3.63) is 81.9 Å². The molecule has 0 atom stereocenters. The molecule has 0 spiro atoms. The van der Waals surface area contributed by atoms with Gasteiger partial charge in [0.1, 0.15) is 5.82 Å². The lowest BCUT2D eigenvalue weighted by Gasteiger charge is -2.12. The predicted octanol–water partition coefficient (Wildman–Crippen LogP) is 6.27. The first-order valence-electron chi connectivity index (χ1n) is 11.1. The van der Waals surface area contributed by atoms with Crippen molar-refractivity contribution >= 4 is 45.3 Å². The number of benzene rings is 2. The number of nitrogens with zero attached hydrogens (tertiary/aromatic N) is 4. The number of nitrogens with one attached hydrogen (secondary N) is 1. The maximum Gasteiger partial charge on any atom is 0.259 e. The smallest absolute Gasteiger partial charge is 0.259 e. The fraction of sp³-hybridized carbons (Fsp3) is 0.231. The molecule has 7 nitrogen and oxygen atoms in total. The third kappa shape index (κ3) is 3.92. The van der Waals surface area contributed by atoms with E-state index in [9.17, 15) is 4.79 Å². The van der Waals surface area contributed by atoms with Crippen LogP contribution in [0.15, 0.2) is 53.1 Å². The van der Waals surface area contributed by atoms with Crippen LogP contribution in [0, 0.1) is 13.8 Å². The Morgan fingerprint density at radius 3 is 2.71 bits per heavy atom. The Bertz CT molecular complexity index is 1550. The van der Waals surface area contributed by atoms with Gasteiger partial charge in [-0.2, -0.15) is 0 Å². The Kier molecular flexibility index (Phi) is 5.57. The van der Waals surface area contributed by atoms with Crippen LogP contribution in [0.4, 0.5) is 5.69 Å². The third-order valence-corrected chi connectivity index (χ3v) is 6.24. The maximum absolute atomic E-state index is 13.3. The molecular weight excluding hydrogens is 450 g/mol. The highest BCUT2D eigenvalue weighted by Crippen LogP contribution is 2.29. The van der Waals surface area contributed by atoms with Gasteiger partial charge in [0.2, 0.25) is 0 Å². The average Bonchev–Trinajstić information content (AvgIpc) is 3.36. The van der Waals surface area contributed by atoms with E-state index in [1.54, 1.807) is 18.2 Å². The summed E-state index contributed by atoms with van der Waals surface area (Å²) >= 11 is 6.53. The number of imidazole rings is 1.